The van der Waals surface area contributed by atoms with Gasteiger partial charge in [-0.3, -0.25) is 9.69 Å². The maximum absolute atomic E-state index is 11.2. The van der Waals surface area contributed by atoms with Gasteiger partial charge in [-0.2, -0.15) is 16.7 Å². The van der Waals surface area contributed by atoms with Gasteiger partial charge >= 0.3 is 6.01 Å². The van der Waals surface area contributed by atoms with Crippen molar-refractivity contribution in [2.75, 3.05) is 17.7 Å². The van der Waals surface area contributed by atoms with Crippen LogP contribution in [0.2, 0.25) is 0 Å². The molecule has 0 N–H and O–H groups in total. The Kier molecular flexibility index (Phi) is 4.61. The molecule has 1 aromatic carbocycles. The van der Waals surface area contributed by atoms with Crippen molar-refractivity contribution in [2.45, 2.75) is 19.1 Å². The van der Waals surface area contributed by atoms with E-state index in [1.54, 1.807) is 11.8 Å². The summed E-state index contributed by atoms with van der Waals surface area (Å²) in [6.45, 7) is 4.45. The van der Waals surface area contributed by atoms with Gasteiger partial charge in [-0.1, -0.05) is 12.1 Å². The number of aromatic nitrogens is 3. The third kappa shape index (κ3) is 3.08. The first-order valence-electron chi connectivity index (χ1n) is 8.74. The van der Waals surface area contributed by atoms with Gasteiger partial charge in [0.2, 0.25) is 6.41 Å². The third-order valence-electron chi connectivity index (χ3n) is 4.57. The van der Waals surface area contributed by atoms with E-state index >= 15 is 0 Å². The molecule has 0 aliphatic rings. The molecule has 4 aromatic rings. The van der Waals surface area contributed by atoms with Gasteiger partial charge in [0.1, 0.15) is 11.2 Å². The Morgan fingerprint density at radius 2 is 2.19 bits per heavy atom. The Hall–Kier alpha value is -2.80. The molecular weight excluding hydrogens is 360 g/mol. The number of nitrogens with zero attached hydrogens (tertiary/aromatic N) is 4. The largest absolute Gasteiger partial charge is 0.423 e. The van der Waals surface area contributed by atoms with Gasteiger partial charge in [-0.15, -0.1) is 0 Å². The second kappa shape index (κ2) is 7.08. The molecule has 0 bridgehead atoms. The van der Waals surface area contributed by atoms with Crippen LogP contribution in [0, 0.1) is 6.92 Å². The number of para-hydroxylation sites is 1. The predicted molar refractivity (Wildman–Crippen MR) is 108 cm³/mol. The molecule has 1 unspecified atom stereocenters. The van der Waals surface area contributed by atoms with Crippen LogP contribution < -0.4 is 4.90 Å². The first-order chi connectivity index (χ1) is 13.1. The average molecular weight is 380 g/mol. The van der Waals surface area contributed by atoms with Crippen molar-refractivity contribution in [3.8, 4) is 0 Å². The van der Waals surface area contributed by atoms with Crippen LogP contribution in [-0.2, 0) is 4.79 Å². The van der Waals surface area contributed by atoms with Crippen LogP contribution in [-0.4, -0.2) is 33.6 Å². The Balaban J connectivity index is 1.83. The predicted octanol–water partition coefficient (Wildman–Crippen LogP) is 4.22. The second-order valence-electron chi connectivity index (χ2n) is 6.33. The van der Waals surface area contributed by atoms with Crippen molar-refractivity contribution in [1.82, 2.24) is 14.4 Å². The van der Waals surface area contributed by atoms with Gasteiger partial charge in [0.05, 0.1) is 10.9 Å². The fraction of sp³-hybridized carbons (Fsp3) is 0.250. The van der Waals surface area contributed by atoms with Crippen molar-refractivity contribution in [1.29, 1.82) is 0 Å². The molecule has 3 heterocycles. The molecule has 7 heteroatoms. The van der Waals surface area contributed by atoms with Crippen LogP contribution in [0.3, 0.4) is 0 Å². The van der Waals surface area contributed by atoms with E-state index in [1.807, 2.05) is 35.7 Å². The summed E-state index contributed by atoms with van der Waals surface area (Å²) in [5, 5.41) is 0.0122. The first kappa shape index (κ1) is 17.6. The van der Waals surface area contributed by atoms with E-state index in [0.717, 1.165) is 28.8 Å². The fourth-order valence-electron chi connectivity index (χ4n) is 3.18. The number of benzene rings is 1. The molecule has 0 saturated carbocycles. The monoisotopic (exact) mass is 380 g/mol. The molecule has 0 spiro atoms. The molecule has 27 heavy (non-hydrogen) atoms. The molecule has 1 amide bonds. The number of oxazole rings is 1. The zero-order valence-electron chi connectivity index (χ0n) is 15.4. The standard InChI is InChI=1S/C20H20N4O2S/c1-4-23(12-25)20-22-18-14(6-5-7-16(18)26-20)19(27-3)15-11-24-9-8-13(2)10-17(24)21-15/h5-12,19H,4H2,1-3H3. The number of hydrogen-bond donors (Lipinski definition) is 0. The van der Waals surface area contributed by atoms with Crippen LogP contribution in [0.5, 0.6) is 0 Å². The number of anilines is 1. The summed E-state index contributed by atoms with van der Waals surface area (Å²) in [6.07, 6.45) is 6.88. The highest BCUT2D eigenvalue weighted by molar-refractivity contribution is 7.99. The van der Waals surface area contributed by atoms with E-state index < -0.39 is 0 Å². The summed E-state index contributed by atoms with van der Waals surface area (Å²) in [5.74, 6) is 0. The molecule has 0 saturated heterocycles. The normalized spacial score (nSPS) is 12.6. The van der Waals surface area contributed by atoms with E-state index in [9.17, 15) is 4.79 Å². The molecular formula is C20H20N4O2S. The van der Waals surface area contributed by atoms with Crippen molar-refractivity contribution < 1.29 is 9.21 Å². The minimum Gasteiger partial charge on any atom is -0.423 e. The molecule has 0 aliphatic heterocycles. The molecule has 0 fully saturated rings. The minimum absolute atomic E-state index is 0.0122. The van der Waals surface area contributed by atoms with Gasteiger partial charge < -0.3 is 8.82 Å². The van der Waals surface area contributed by atoms with E-state index in [1.165, 1.54) is 10.5 Å². The van der Waals surface area contributed by atoms with E-state index in [2.05, 4.69) is 36.5 Å². The van der Waals surface area contributed by atoms with Crippen molar-refractivity contribution >= 4 is 40.9 Å². The zero-order chi connectivity index (χ0) is 19.0. The molecule has 6 nitrogen and oxygen atoms in total. The Bertz CT molecular complexity index is 1120. The lowest BCUT2D eigenvalue weighted by molar-refractivity contribution is -0.107. The van der Waals surface area contributed by atoms with Crippen LogP contribution in [0.1, 0.15) is 29.0 Å². The van der Waals surface area contributed by atoms with Crippen LogP contribution in [0.15, 0.2) is 47.1 Å². The van der Waals surface area contributed by atoms with Crippen molar-refractivity contribution in [2.24, 2.45) is 0 Å². The van der Waals surface area contributed by atoms with Crippen molar-refractivity contribution in [3.63, 3.8) is 0 Å². The average Bonchev–Trinajstić information content (AvgIpc) is 3.27. The van der Waals surface area contributed by atoms with Gasteiger partial charge in [0.15, 0.2) is 5.58 Å². The molecule has 4 rings (SSSR count). The van der Waals surface area contributed by atoms with Gasteiger partial charge in [-0.25, -0.2) is 4.98 Å². The smallest absolute Gasteiger partial charge is 0.305 e. The number of imidazole rings is 1. The maximum Gasteiger partial charge on any atom is 0.305 e. The lowest BCUT2D eigenvalue weighted by atomic mass is 10.1. The molecule has 0 radical (unpaired) electrons. The highest BCUT2D eigenvalue weighted by Crippen LogP contribution is 2.38. The van der Waals surface area contributed by atoms with Gasteiger partial charge in [-0.05, 0) is 43.9 Å². The van der Waals surface area contributed by atoms with E-state index in [4.69, 9.17) is 9.40 Å². The number of aryl methyl sites for hydroxylation is 1. The Morgan fingerprint density at radius 3 is 2.93 bits per heavy atom. The number of amides is 1. The number of thioether (sulfide) groups is 1. The quantitative estimate of drug-likeness (QED) is 0.469. The zero-order valence-corrected chi connectivity index (χ0v) is 16.2. The summed E-state index contributed by atoms with van der Waals surface area (Å²) in [4.78, 5) is 22.1. The first-order valence-corrected chi connectivity index (χ1v) is 10.0. The number of pyridine rings is 1. The third-order valence-corrected chi connectivity index (χ3v) is 5.54. The topological polar surface area (TPSA) is 63.6 Å². The number of carbonyl (C=O) groups excluding carboxylic acids is 1. The van der Waals surface area contributed by atoms with Gasteiger partial charge in [0.25, 0.3) is 0 Å². The lowest BCUT2D eigenvalue weighted by Gasteiger charge is -2.12. The number of fused-ring (bicyclic) bond motifs is 2. The van der Waals surface area contributed by atoms with Gasteiger partial charge in [0, 0.05) is 24.5 Å². The molecule has 1 atom stereocenters. The number of carbonyl (C=O) groups is 1. The van der Waals surface area contributed by atoms with E-state index in [0.29, 0.717) is 18.1 Å². The fourth-order valence-corrected chi connectivity index (χ4v) is 3.98. The SMILES string of the molecule is CCN(C=O)c1nc2c(C(SC)c3cn4ccc(C)cc4n3)cccc2o1. The highest BCUT2D eigenvalue weighted by atomic mass is 32.2. The number of hydrogen-bond acceptors (Lipinski definition) is 5. The summed E-state index contributed by atoms with van der Waals surface area (Å²) < 4.78 is 7.84. The minimum atomic E-state index is 0.0122. The molecule has 138 valence electrons. The van der Waals surface area contributed by atoms with Crippen molar-refractivity contribution in [3.05, 3.63) is 59.5 Å². The van der Waals surface area contributed by atoms with E-state index in [-0.39, 0.29) is 5.25 Å². The van der Waals surface area contributed by atoms with Crippen LogP contribution in [0.4, 0.5) is 6.01 Å². The maximum atomic E-state index is 11.2. The van der Waals surface area contributed by atoms with Crippen LogP contribution >= 0.6 is 11.8 Å². The Morgan fingerprint density at radius 1 is 1.33 bits per heavy atom. The highest BCUT2D eigenvalue weighted by Gasteiger charge is 2.22. The molecule has 0 aliphatic carbocycles. The number of rotatable bonds is 6. The Labute approximate surface area is 161 Å². The summed E-state index contributed by atoms with van der Waals surface area (Å²) in [7, 11) is 0. The van der Waals surface area contributed by atoms with Crippen LogP contribution in [0.25, 0.3) is 16.7 Å². The summed E-state index contributed by atoms with van der Waals surface area (Å²) in [6, 6.07) is 10.3. The second-order valence-corrected chi connectivity index (χ2v) is 7.28. The summed E-state index contributed by atoms with van der Waals surface area (Å²) in [5.41, 5.74) is 5.53. The molecule has 3 aromatic heterocycles. The summed E-state index contributed by atoms with van der Waals surface area (Å²) >= 11 is 1.70. The lowest BCUT2D eigenvalue weighted by Crippen LogP contribution is -2.20.